The van der Waals surface area contributed by atoms with Crippen molar-refractivity contribution in [2.45, 2.75) is 20.3 Å². The van der Waals surface area contributed by atoms with Gasteiger partial charge >= 0.3 is 0 Å². The first-order chi connectivity index (χ1) is 6.81. The zero-order valence-electron chi connectivity index (χ0n) is 8.71. The maximum atomic E-state index is 5.47. The van der Waals surface area contributed by atoms with E-state index in [4.69, 9.17) is 4.74 Å². The van der Waals surface area contributed by atoms with E-state index < -0.39 is 0 Å². The number of aliphatic imine (C=N–C) groups is 1. The Kier molecular flexibility index (Phi) is 2.53. The Labute approximate surface area is 84.6 Å². The average molecular weight is 189 g/mol. The van der Waals surface area contributed by atoms with Gasteiger partial charge < -0.3 is 4.74 Å². The first-order valence-electron chi connectivity index (χ1n) is 5.08. The molecule has 14 heavy (non-hydrogen) atoms. The van der Waals surface area contributed by atoms with Crippen LogP contribution in [0.5, 0.6) is 5.75 Å². The minimum atomic E-state index is 0.728. The lowest BCUT2D eigenvalue weighted by Gasteiger charge is -2.15. The molecule has 1 heterocycles. The van der Waals surface area contributed by atoms with Crippen molar-refractivity contribution in [3.8, 4) is 5.75 Å². The Balaban J connectivity index is 2.36. The van der Waals surface area contributed by atoms with Crippen molar-refractivity contribution in [2.24, 2.45) is 4.99 Å². The summed E-state index contributed by atoms with van der Waals surface area (Å²) < 4.78 is 5.47. The molecule has 0 aliphatic carbocycles. The summed E-state index contributed by atoms with van der Waals surface area (Å²) in [6.45, 7) is 5.71. The van der Waals surface area contributed by atoms with Gasteiger partial charge in [-0.25, -0.2) is 0 Å². The van der Waals surface area contributed by atoms with Gasteiger partial charge in [0.1, 0.15) is 5.75 Å². The normalized spacial score (nSPS) is 14.6. The number of ether oxygens (including phenoxy) is 1. The predicted octanol–water partition coefficient (Wildman–Crippen LogP) is 2.45. The molecule has 1 aliphatic rings. The lowest BCUT2D eigenvalue weighted by Crippen LogP contribution is -2.09. The minimum Gasteiger partial charge on any atom is -0.494 e. The van der Waals surface area contributed by atoms with Crippen molar-refractivity contribution in [3.63, 3.8) is 0 Å². The quantitative estimate of drug-likeness (QED) is 0.700. The van der Waals surface area contributed by atoms with E-state index in [2.05, 4.69) is 24.0 Å². The van der Waals surface area contributed by atoms with Gasteiger partial charge in [0, 0.05) is 12.3 Å². The van der Waals surface area contributed by atoms with Crippen LogP contribution in [0.4, 0.5) is 0 Å². The van der Waals surface area contributed by atoms with Crippen LogP contribution in [0, 0.1) is 0 Å². The molecule has 2 rings (SSSR count). The molecule has 1 aliphatic heterocycles. The second-order valence-electron chi connectivity index (χ2n) is 3.47. The molecule has 0 N–H and O–H groups in total. The van der Waals surface area contributed by atoms with Gasteiger partial charge in [0.05, 0.1) is 6.61 Å². The summed E-state index contributed by atoms with van der Waals surface area (Å²) in [7, 11) is 0. The number of hydrogen-bond donors (Lipinski definition) is 0. The van der Waals surface area contributed by atoms with Crippen LogP contribution in [0.2, 0.25) is 0 Å². The van der Waals surface area contributed by atoms with Crippen LogP contribution in [-0.4, -0.2) is 18.9 Å². The van der Waals surface area contributed by atoms with E-state index in [0.29, 0.717) is 0 Å². The van der Waals surface area contributed by atoms with Crippen LogP contribution in [0.1, 0.15) is 25.0 Å². The molecule has 0 aromatic heterocycles. The fourth-order valence-corrected chi connectivity index (χ4v) is 1.82. The highest BCUT2D eigenvalue weighted by Gasteiger charge is 2.10. The van der Waals surface area contributed by atoms with Crippen molar-refractivity contribution in [3.05, 3.63) is 29.3 Å². The molecule has 1 aromatic rings. The van der Waals surface area contributed by atoms with Gasteiger partial charge in [0.25, 0.3) is 0 Å². The third-order valence-corrected chi connectivity index (χ3v) is 2.51. The first-order valence-corrected chi connectivity index (χ1v) is 5.08. The number of fused-ring (bicyclic) bond motifs is 1. The molecule has 0 saturated heterocycles. The van der Waals surface area contributed by atoms with Crippen molar-refractivity contribution in [2.75, 3.05) is 13.2 Å². The predicted molar refractivity (Wildman–Crippen MR) is 58.4 cm³/mol. The fraction of sp³-hybridized carbons (Fsp3) is 0.417. The fourth-order valence-electron chi connectivity index (χ4n) is 1.82. The summed E-state index contributed by atoms with van der Waals surface area (Å²) in [5, 5.41) is 0. The molecule has 0 amide bonds. The van der Waals surface area contributed by atoms with Gasteiger partial charge in [-0.05, 0) is 49.6 Å². The Morgan fingerprint density at radius 2 is 2.29 bits per heavy atom. The van der Waals surface area contributed by atoms with Gasteiger partial charge in [0.15, 0.2) is 0 Å². The Bertz CT molecular complexity index is 369. The largest absolute Gasteiger partial charge is 0.494 e. The smallest absolute Gasteiger partial charge is 0.119 e. The van der Waals surface area contributed by atoms with E-state index in [1.807, 2.05) is 13.0 Å². The molecule has 1 aromatic carbocycles. The summed E-state index contributed by atoms with van der Waals surface area (Å²) in [5.74, 6) is 0.973. The molecule has 0 spiro atoms. The third-order valence-electron chi connectivity index (χ3n) is 2.51. The molecule has 74 valence electrons. The van der Waals surface area contributed by atoms with Gasteiger partial charge in [0.2, 0.25) is 0 Å². The molecule has 0 unspecified atom stereocenters. The Morgan fingerprint density at radius 3 is 3.07 bits per heavy atom. The summed E-state index contributed by atoms with van der Waals surface area (Å²) in [5.41, 5.74) is 3.79. The highest BCUT2D eigenvalue weighted by Crippen LogP contribution is 2.21. The van der Waals surface area contributed by atoms with Gasteiger partial charge in [-0.3, -0.25) is 4.99 Å². The highest BCUT2D eigenvalue weighted by atomic mass is 16.5. The van der Waals surface area contributed by atoms with Crippen molar-refractivity contribution < 1.29 is 4.74 Å². The molecular weight excluding hydrogens is 174 g/mol. The van der Waals surface area contributed by atoms with Crippen LogP contribution in [0.25, 0.3) is 0 Å². The Morgan fingerprint density at radius 1 is 1.43 bits per heavy atom. The van der Waals surface area contributed by atoms with Gasteiger partial charge in [-0.15, -0.1) is 0 Å². The van der Waals surface area contributed by atoms with E-state index in [1.165, 1.54) is 11.1 Å². The maximum Gasteiger partial charge on any atom is 0.119 e. The second-order valence-corrected chi connectivity index (χ2v) is 3.47. The van der Waals surface area contributed by atoms with E-state index in [0.717, 1.165) is 31.0 Å². The SMILES string of the molecule is CCOc1ccc2c(c1)CCN=C2C. The topological polar surface area (TPSA) is 21.6 Å². The third kappa shape index (κ3) is 1.65. The van der Waals surface area contributed by atoms with E-state index >= 15 is 0 Å². The molecule has 0 radical (unpaired) electrons. The molecule has 0 atom stereocenters. The van der Waals surface area contributed by atoms with Crippen LogP contribution in [0.15, 0.2) is 23.2 Å². The maximum absolute atomic E-state index is 5.47. The Hall–Kier alpha value is -1.31. The molecular formula is C12H15NO. The van der Waals surface area contributed by atoms with Crippen molar-refractivity contribution >= 4 is 5.71 Å². The number of hydrogen-bond acceptors (Lipinski definition) is 2. The summed E-state index contributed by atoms with van der Waals surface area (Å²) in [4.78, 5) is 4.42. The monoisotopic (exact) mass is 189 g/mol. The van der Waals surface area contributed by atoms with Crippen LogP contribution in [-0.2, 0) is 6.42 Å². The van der Waals surface area contributed by atoms with Crippen LogP contribution in [0.3, 0.4) is 0 Å². The zero-order chi connectivity index (χ0) is 9.97. The van der Waals surface area contributed by atoms with E-state index in [9.17, 15) is 0 Å². The summed E-state index contributed by atoms with van der Waals surface area (Å²) in [6.07, 6.45) is 1.04. The summed E-state index contributed by atoms with van der Waals surface area (Å²) >= 11 is 0. The van der Waals surface area contributed by atoms with Gasteiger partial charge in [-0.2, -0.15) is 0 Å². The lowest BCUT2D eigenvalue weighted by molar-refractivity contribution is 0.340. The van der Waals surface area contributed by atoms with Crippen molar-refractivity contribution in [1.29, 1.82) is 0 Å². The van der Waals surface area contributed by atoms with Crippen molar-refractivity contribution in [1.82, 2.24) is 0 Å². The van der Waals surface area contributed by atoms with Gasteiger partial charge in [-0.1, -0.05) is 0 Å². The number of benzene rings is 1. The molecule has 0 saturated carbocycles. The molecule has 2 nitrogen and oxygen atoms in total. The first kappa shape index (κ1) is 9.25. The zero-order valence-corrected chi connectivity index (χ0v) is 8.71. The minimum absolute atomic E-state index is 0.728. The van der Waals surface area contributed by atoms with E-state index in [1.54, 1.807) is 0 Å². The molecule has 0 fully saturated rings. The number of rotatable bonds is 2. The van der Waals surface area contributed by atoms with Crippen LogP contribution < -0.4 is 4.74 Å². The summed E-state index contributed by atoms with van der Waals surface area (Å²) in [6, 6.07) is 6.27. The molecule has 2 heteroatoms. The second kappa shape index (κ2) is 3.82. The highest BCUT2D eigenvalue weighted by molar-refractivity contribution is 6.00. The molecule has 0 bridgehead atoms. The van der Waals surface area contributed by atoms with E-state index in [-0.39, 0.29) is 0 Å². The standard InChI is InChI=1S/C12H15NO/c1-3-14-11-4-5-12-9(2)13-7-6-10(12)8-11/h4-5,8H,3,6-7H2,1-2H3. The average Bonchev–Trinajstić information content (AvgIpc) is 2.18. The number of nitrogens with zero attached hydrogens (tertiary/aromatic N) is 1. The lowest BCUT2D eigenvalue weighted by atomic mass is 9.98. The van der Waals surface area contributed by atoms with Crippen LogP contribution >= 0.6 is 0 Å².